The molecule has 0 saturated carbocycles. The largest absolute Gasteiger partial charge is 0.356 e. The molecule has 5 heteroatoms. The van der Waals surface area contributed by atoms with Gasteiger partial charge in [-0.25, -0.2) is 4.98 Å². The van der Waals surface area contributed by atoms with Crippen LogP contribution in [0.5, 0.6) is 0 Å². The van der Waals surface area contributed by atoms with Gasteiger partial charge in [-0.2, -0.15) is 0 Å². The van der Waals surface area contributed by atoms with Crippen LogP contribution in [0.25, 0.3) is 0 Å². The molecule has 1 aromatic rings. The second-order valence-electron chi connectivity index (χ2n) is 5.94. The number of nitrogens with one attached hydrogen (secondary N) is 1. The maximum Gasteiger partial charge on any atom is 0.142 e. The van der Waals surface area contributed by atoms with Crippen LogP contribution in [0, 0.1) is 11.8 Å². The maximum absolute atomic E-state index is 4.53. The van der Waals surface area contributed by atoms with Crippen LogP contribution in [-0.2, 0) is 0 Å². The summed E-state index contributed by atoms with van der Waals surface area (Å²) >= 11 is 7.06. The van der Waals surface area contributed by atoms with E-state index in [-0.39, 0.29) is 0 Å². The summed E-state index contributed by atoms with van der Waals surface area (Å²) in [6.07, 6.45) is 4.36. The summed E-state index contributed by atoms with van der Waals surface area (Å²) in [5, 5.41) is 3.58. The molecule has 0 radical (unpaired) electrons. The molecule has 1 aromatic heterocycles. The van der Waals surface area contributed by atoms with Crippen LogP contribution in [0.3, 0.4) is 0 Å². The van der Waals surface area contributed by atoms with E-state index in [1.807, 2.05) is 6.20 Å². The van der Waals surface area contributed by atoms with Gasteiger partial charge in [-0.05, 0) is 75.7 Å². The first kappa shape index (κ1) is 16.2. The third-order valence-corrected chi connectivity index (χ3v) is 4.71. The van der Waals surface area contributed by atoms with Crippen LogP contribution in [0.15, 0.2) is 21.2 Å². The molecule has 112 valence electrons. The summed E-state index contributed by atoms with van der Waals surface area (Å²) in [5.74, 6) is 2.61. The number of rotatable bonds is 5. The van der Waals surface area contributed by atoms with E-state index in [4.69, 9.17) is 0 Å². The summed E-state index contributed by atoms with van der Waals surface area (Å²) in [7, 11) is 0. The summed E-state index contributed by atoms with van der Waals surface area (Å²) in [6.45, 7) is 8.99. The predicted molar refractivity (Wildman–Crippen MR) is 92.3 cm³/mol. The molecular weight excluding hydrogens is 382 g/mol. The fourth-order valence-corrected chi connectivity index (χ4v) is 3.80. The van der Waals surface area contributed by atoms with Gasteiger partial charge in [-0.3, -0.25) is 0 Å². The van der Waals surface area contributed by atoms with Crippen molar-refractivity contribution in [3.63, 3.8) is 0 Å². The van der Waals surface area contributed by atoms with Crippen LogP contribution in [0.4, 0.5) is 5.82 Å². The Balaban J connectivity index is 1.82. The van der Waals surface area contributed by atoms with E-state index in [1.165, 1.54) is 12.8 Å². The molecule has 0 aliphatic carbocycles. The Morgan fingerprint density at radius 2 is 2.05 bits per heavy atom. The molecule has 1 aliphatic rings. The smallest absolute Gasteiger partial charge is 0.142 e. The number of pyridine rings is 1. The van der Waals surface area contributed by atoms with Gasteiger partial charge in [0, 0.05) is 23.8 Å². The van der Waals surface area contributed by atoms with Crippen molar-refractivity contribution < 1.29 is 0 Å². The molecule has 20 heavy (non-hydrogen) atoms. The lowest BCUT2D eigenvalue weighted by atomic mass is 9.96. The Morgan fingerprint density at radius 1 is 1.35 bits per heavy atom. The lowest BCUT2D eigenvalue weighted by Gasteiger charge is -2.33. The van der Waals surface area contributed by atoms with Crippen molar-refractivity contribution in [3.05, 3.63) is 21.2 Å². The van der Waals surface area contributed by atoms with Crippen molar-refractivity contribution in [2.45, 2.75) is 26.7 Å². The number of anilines is 1. The van der Waals surface area contributed by atoms with Crippen LogP contribution >= 0.6 is 31.9 Å². The first-order valence-electron chi connectivity index (χ1n) is 7.33. The van der Waals surface area contributed by atoms with Crippen LogP contribution in [0.2, 0.25) is 0 Å². The first-order chi connectivity index (χ1) is 9.56. The molecule has 1 saturated heterocycles. The second kappa shape index (κ2) is 7.76. The highest BCUT2D eigenvalue weighted by atomic mass is 79.9. The van der Waals surface area contributed by atoms with Gasteiger partial charge in [0.1, 0.15) is 5.82 Å². The van der Waals surface area contributed by atoms with Gasteiger partial charge in [-0.15, -0.1) is 0 Å². The maximum atomic E-state index is 4.53. The molecule has 0 atom stereocenters. The second-order valence-corrected chi connectivity index (χ2v) is 7.71. The van der Waals surface area contributed by atoms with E-state index < -0.39 is 0 Å². The fraction of sp³-hybridized carbons (Fsp3) is 0.667. The number of hydrogen-bond donors (Lipinski definition) is 1. The molecule has 2 heterocycles. The molecule has 2 rings (SSSR count). The van der Waals surface area contributed by atoms with Crippen molar-refractivity contribution in [3.8, 4) is 0 Å². The number of aromatic nitrogens is 1. The van der Waals surface area contributed by atoms with Gasteiger partial charge in [-0.1, -0.05) is 13.8 Å². The zero-order valence-electron chi connectivity index (χ0n) is 12.2. The fourth-order valence-electron chi connectivity index (χ4n) is 2.57. The molecule has 1 N–H and O–H groups in total. The monoisotopic (exact) mass is 403 g/mol. The lowest BCUT2D eigenvalue weighted by Crippen LogP contribution is -2.38. The highest BCUT2D eigenvalue weighted by Gasteiger charge is 2.21. The minimum Gasteiger partial charge on any atom is -0.356 e. The van der Waals surface area contributed by atoms with Crippen molar-refractivity contribution in [2.75, 3.05) is 31.1 Å². The van der Waals surface area contributed by atoms with Crippen molar-refractivity contribution in [1.29, 1.82) is 0 Å². The lowest BCUT2D eigenvalue weighted by molar-refractivity contribution is 0.373. The van der Waals surface area contributed by atoms with E-state index in [0.717, 1.165) is 52.8 Å². The standard InChI is InChI=1S/C15H23Br2N3/c1-11(2)8-18-9-12-3-5-20(6-4-12)15-14(17)7-13(16)10-19-15/h7,10-12,18H,3-6,8-9H2,1-2H3. The van der Waals surface area contributed by atoms with E-state index >= 15 is 0 Å². The highest BCUT2D eigenvalue weighted by Crippen LogP contribution is 2.29. The molecular formula is C15H23Br2N3. The van der Waals surface area contributed by atoms with Gasteiger partial charge < -0.3 is 10.2 Å². The number of piperidine rings is 1. The average Bonchev–Trinajstić information content (AvgIpc) is 2.39. The Hall–Kier alpha value is -0.130. The summed E-state index contributed by atoms with van der Waals surface area (Å²) < 4.78 is 2.09. The quantitative estimate of drug-likeness (QED) is 0.801. The SMILES string of the molecule is CC(C)CNCC1CCN(c2ncc(Br)cc2Br)CC1. The molecule has 0 aromatic carbocycles. The zero-order valence-corrected chi connectivity index (χ0v) is 15.4. The predicted octanol–water partition coefficient (Wildman–Crippen LogP) is 4.07. The Bertz CT molecular complexity index is 429. The van der Waals surface area contributed by atoms with Crippen molar-refractivity contribution in [2.24, 2.45) is 11.8 Å². The Morgan fingerprint density at radius 3 is 2.65 bits per heavy atom. The van der Waals surface area contributed by atoms with Crippen LogP contribution in [0.1, 0.15) is 26.7 Å². The van der Waals surface area contributed by atoms with E-state index in [0.29, 0.717) is 0 Å². The highest BCUT2D eigenvalue weighted by molar-refractivity contribution is 9.11. The molecule has 0 bridgehead atoms. The van der Waals surface area contributed by atoms with Gasteiger partial charge in [0.25, 0.3) is 0 Å². The normalized spacial score (nSPS) is 16.9. The average molecular weight is 405 g/mol. The molecule has 1 aliphatic heterocycles. The summed E-state index contributed by atoms with van der Waals surface area (Å²) in [6, 6.07) is 2.07. The number of hydrogen-bond acceptors (Lipinski definition) is 3. The van der Waals surface area contributed by atoms with Crippen LogP contribution in [-0.4, -0.2) is 31.2 Å². The molecule has 3 nitrogen and oxygen atoms in total. The van der Waals surface area contributed by atoms with Gasteiger partial charge in [0.05, 0.1) is 4.47 Å². The number of nitrogens with zero attached hydrogens (tertiary/aromatic N) is 2. The molecule has 1 fully saturated rings. The molecule has 0 amide bonds. The van der Waals surface area contributed by atoms with Gasteiger partial charge in [0.15, 0.2) is 0 Å². The topological polar surface area (TPSA) is 28.2 Å². The molecule has 0 spiro atoms. The van der Waals surface area contributed by atoms with Gasteiger partial charge in [0.2, 0.25) is 0 Å². The Labute approximate surface area is 138 Å². The van der Waals surface area contributed by atoms with Crippen molar-refractivity contribution >= 4 is 37.7 Å². The summed E-state index contributed by atoms with van der Waals surface area (Å²) in [4.78, 5) is 6.91. The minimum absolute atomic E-state index is 0.734. The molecule has 0 unspecified atom stereocenters. The third-order valence-electron chi connectivity index (χ3n) is 3.69. The number of halogens is 2. The first-order valence-corrected chi connectivity index (χ1v) is 8.91. The summed E-state index contributed by atoms with van der Waals surface area (Å²) in [5.41, 5.74) is 0. The van der Waals surface area contributed by atoms with Gasteiger partial charge >= 0.3 is 0 Å². The minimum atomic E-state index is 0.734. The van der Waals surface area contributed by atoms with E-state index in [1.54, 1.807) is 0 Å². The van der Waals surface area contributed by atoms with E-state index in [2.05, 4.69) is 67.0 Å². The Kier molecular flexibility index (Phi) is 6.30. The van der Waals surface area contributed by atoms with Crippen LogP contribution < -0.4 is 10.2 Å². The third kappa shape index (κ3) is 4.71. The zero-order chi connectivity index (χ0) is 14.5. The van der Waals surface area contributed by atoms with E-state index in [9.17, 15) is 0 Å². The van der Waals surface area contributed by atoms with Crippen molar-refractivity contribution in [1.82, 2.24) is 10.3 Å².